The fraction of sp³-hybridized carbons (Fsp3) is 0.571. The van der Waals surface area contributed by atoms with Gasteiger partial charge in [0.1, 0.15) is 5.75 Å². The minimum Gasteiger partial charge on any atom is -0.508 e. The maximum absolute atomic E-state index is 11.9. The Morgan fingerprint density at radius 2 is 1.43 bits per heavy atom. The third-order valence-corrected chi connectivity index (χ3v) is 4.17. The van der Waals surface area contributed by atoms with E-state index < -0.39 is 10.0 Å². The first-order chi connectivity index (χ1) is 11.1. The molecule has 0 saturated heterocycles. The Morgan fingerprint density at radius 3 is 2.00 bits per heavy atom. The van der Waals surface area contributed by atoms with Crippen molar-refractivity contribution in [2.75, 3.05) is 52.7 Å². The highest BCUT2D eigenvalue weighted by Crippen LogP contribution is 2.13. The average Bonchev–Trinajstić information content (AvgIpc) is 2.53. The summed E-state index contributed by atoms with van der Waals surface area (Å²) in [5, 5.41) is 9.14. The lowest BCUT2D eigenvalue weighted by Gasteiger charge is -2.08. The Balaban J connectivity index is 2.05. The van der Waals surface area contributed by atoms with Crippen LogP contribution in [0.2, 0.25) is 0 Å². The van der Waals surface area contributed by atoms with Crippen molar-refractivity contribution < 1.29 is 27.7 Å². The summed E-state index contributed by atoms with van der Waals surface area (Å²) in [5.41, 5.74) is 5.27. The zero-order valence-corrected chi connectivity index (χ0v) is 13.8. The van der Waals surface area contributed by atoms with E-state index in [0.717, 1.165) is 0 Å². The molecule has 4 N–H and O–H groups in total. The van der Waals surface area contributed by atoms with Crippen LogP contribution >= 0.6 is 0 Å². The third-order valence-electron chi connectivity index (χ3n) is 2.69. The van der Waals surface area contributed by atoms with E-state index in [1.165, 1.54) is 24.3 Å². The van der Waals surface area contributed by atoms with E-state index >= 15 is 0 Å². The Hall–Kier alpha value is -1.23. The fourth-order valence-corrected chi connectivity index (χ4v) is 2.60. The molecule has 0 spiro atoms. The van der Waals surface area contributed by atoms with Crippen molar-refractivity contribution in [1.82, 2.24) is 4.72 Å². The first-order valence-electron chi connectivity index (χ1n) is 7.28. The van der Waals surface area contributed by atoms with Gasteiger partial charge in [0.25, 0.3) is 0 Å². The second kappa shape index (κ2) is 11.3. The number of nitrogens with one attached hydrogen (secondary N) is 1. The van der Waals surface area contributed by atoms with Gasteiger partial charge in [-0.05, 0) is 24.3 Å². The minimum absolute atomic E-state index is 0.0145. The SMILES string of the molecule is NCCOCCOCCOCCNS(=O)(=O)c1ccc(O)cc1. The molecule has 0 amide bonds. The lowest BCUT2D eigenvalue weighted by Crippen LogP contribution is -2.27. The van der Waals surface area contributed by atoms with Crippen molar-refractivity contribution in [3.05, 3.63) is 24.3 Å². The molecule has 0 saturated carbocycles. The summed E-state index contributed by atoms with van der Waals surface area (Å²) in [7, 11) is -3.59. The number of hydrogen-bond donors (Lipinski definition) is 3. The van der Waals surface area contributed by atoms with E-state index in [4.69, 9.17) is 25.1 Å². The predicted octanol–water partition coefficient (Wildman–Crippen LogP) is -0.321. The van der Waals surface area contributed by atoms with Crippen molar-refractivity contribution in [3.8, 4) is 5.75 Å². The summed E-state index contributed by atoms with van der Waals surface area (Å²) in [5.74, 6) is 0.0145. The van der Waals surface area contributed by atoms with E-state index in [0.29, 0.717) is 39.6 Å². The zero-order chi connectivity index (χ0) is 17.0. The minimum atomic E-state index is -3.59. The van der Waals surface area contributed by atoms with Gasteiger partial charge in [0.2, 0.25) is 10.0 Å². The second-order valence-corrected chi connectivity index (χ2v) is 6.28. The van der Waals surface area contributed by atoms with Gasteiger partial charge < -0.3 is 25.1 Å². The lowest BCUT2D eigenvalue weighted by atomic mass is 10.3. The van der Waals surface area contributed by atoms with E-state index in [2.05, 4.69) is 4.72 Å². The molecule has 0 atom stereocenters. The van der Waals surface area contributed by atoms with Gasteiger partial charge in [0.05, 0.1) is 44.5 Å². The summed E-state index contributed by atoms with van der Waals surface area (Å²) in [6.45, 7) is 3.15. The standard InChI is InChI=1S/C14H24N2O6S/c15-5-7-20-9-11-22-12-10-21-8-6-16-23(18,19)14-3-1-13(17)2-4-14/h1-4,16-17H,5-12,15H2. The molecule has 0 aliphatic heterocycles. The van der Waals surface area contributed by atoms with Gasteiger partial charge in [-0.3, -0.25) is 0 Å². The van der Waals surface area contributed by atoms with E-state index in [1.807, 2.05) is 0 Å². The topological polar surface area (TPSA) is 120 Å². The molecule has 1 aromatic rings. The highest BCUT2D eigenvalue weighted by molar-refractivity contribution is 7.89. The van der Waals surface area contributed by atoms with E-state index in [9.17, 15) is 8.42 Å². The predicted molar refractivity (Wildman–Crippen MR) is 84.8 cm³/mol. The van der Waals surface area contributed by atoms with Crippen LogP contribution in [0, 0.1) is 0 Å². The zero-order valence-electron chi connectivity index (χ0n) is 12.9. The Morgan fingerprint density at radius 1 is 0.913 bits per heavy atom. The van der Waals surface area contributed by atoms with Gasteiger partial charge in [0, 0.05) is 13.1 Å². The number of nitrogens with two attached hydrogens (primary N) is 1. The van der Waals surface area contributed by atoms with E-state index in [1.54, 1.807) is 0 Å². The van der Waals surface area contributed by atoms with Gasteiger partial charge in [-0.2, -0.15) is 0 Å². The number of ether oxygens (including phenoxy) is 3. The molecule has 0 aromatic heterocycles. The molecule has 1 aromatic carbocycles. The van der Waals surface area contributed by atoms with Gasteiger partial charge in [0.15, 0.2) is 0 Å². The molecule has 0 aliphatic rings. The number of sulfonamides is 1. The van der Waals surface area contributed by atoms with Gasteiger partial charge in [-0.1, -0.05) is 0 Å². The molecule has 0 aliphatic carbocycles. The molecule has 1 rings (SSSR count). The largest absolute Gasteiger partial charge is 0.508 e. The van der Waals surface area contributed by atoms with Gasteiger partial charge in [-0.15, -0.1) is 0 Å². The number of phenols is 1. The van der Waals surface area contributed by atoms with E-state index in [-0.39, 0.29) is 23.8 Å². The summed E-state index contributed by atoms with van der Waals surface area (Å²) < 4.78 is 41.9. The Bertz CT molecular complexity index is 521. The number of rotatable bonds is 13. The van der Waals surface area contributed by atoms with Gasteiger partial charge in [-0.25, -0.2) is 13.1 Å². The van der Waals surface area contributed by atoms with Crippen LogP contribution in [0.1, 0.15) is 0 Å². The fourth-order valence-electron chi connectivity index (χ4n) is 1.58. The van der Waals surface area contributed by atoms with Crippen LogP contribution in [0.4, 0.5) is 0 Å². The van der Waals surface area contributed by atoms with Crippen molar-refractivity contribution in [2.45, 2.75) is 4.90 Å². The third kappa shape index (κ3) is 8.84. The highest BCUT2D eigenvalue weighted by Gasteiger charge is 2.12. The molecule has 9 heteroatoms. The number of phenolic OH excluding ortho intramolecular Hbond substituents is 1. The van der Waals surface area contributed by atoms with Crippen molar-refractivity contribution in [2.24, 2.45) is 5.73 Å². The molecular formula is C14H24N2O6S. The van der Waals surface area contributed by atoms with Crippen LogP contribution in [0.5, 0.6) is 5.75 Å². The average molecular weight is 348 g/mol. The summed E-state index contributed by atoms with van der Waals surface area (Å²) in [4.78, 5) is 0.0936. The second-order valence-electron chi connectivity index (χ2n) is 4.52. The molecule has 23 heavy (non-hydrogen) atoms. The maximum atomic E-state index is 11.9. The van der Waals surface area contributed by atoms with Crippen LogP contribution in [-0.2, 0) is 24.2 Å². The van der Waals surface area contributed by atoms with Crippen molar-refractivity contribution in [1.29, 1.82) is 0 Å². The molecule has 132 valence electrons. The lowest BCUT2D eigenvalue weighted by molar-refractivity contribution is 0.0171. The molecule has 8 nitrogen and oxygen atoms in total. The van der Waals surface area contributed by atoms with Crippen molar-refractivity contribution in [3.63, 3.8) is 0 Å². The monoisotopic (exact) mass is 348 g/mol. The molecular weight excluding hydrogens is 324 g/mol. The van der Waals surface area contributed by atoms with Crippen LogP contribution < -0.4 is 10.5 Å². The smallest absolute Gasteiger partial charge is 0.240 e. The molecule has 0 radical (unpaired) electrons. The molecule has 0 fully saturated rings. The highest BCUT2D eigenvalue weighted by atomic mass is 32.2. The van der Waals surface area contributed by atoms with Crippen LogP contribution in [0.25, 0.3) is 0 Å². The van der Waals surface area contributed by atoms with Crippen LogP contribution in [-0.4, -0.2) is 66.3 Å². The Labute approximate surface area is 136 Å². The molecule has 0 heterocycles. The number of aromatic hydroxyl groups is 1. The number of hydrogen-bond acceptors (Lipinski definition) is 7. The van der Waals surface area contributed by atoms with Crippen LogP contribution in [0.3, 0.4) is 0 Å². The molecule has 0 unspecified atom stereocenters. The normalized spacial score (nSPS) is 11.7. The quantitative estimate of drug-likeness (QED) is 0.418. The van der Waals surface area contributed by atoms with Crippen LogP contribution in [0.15, 0.2) is 29.2 Å². The van der Waals surface area contributed by atoms with Gasteiger partial charge >= 0.3 is 0 Å². The Kier molecular flexibility index (Phi) is 9.76. The van der Waals surface area contributed by atoms with Crippen molar-refractivity contribution >= 4 is 10.0 Å². The summed E-state index contributed by atoms with van der Waals surface area (Å²) in [6, 6.07) is 5.30. The first-order valence-corrected chi connectivity index (χ1v) is 8.76. The molecule has 0 bridgehead atoms. The first kappa shape index (κ1) is 19.8. The summed E-state index contributed by atoms with van der Waals surface area (Å²) >= 11 is 0. The summed E-state index contributed by atoms with van der Waals surface area (Å²) in [6.07, 6.45) is 0. The maximum Gasteiger partial charge on any atom is 0.240 e. The number of benzene rings is 1.